The summed E-state index contributed by atoms with van der Waals surface area (Å²) < 4.78 is 38.3. The monoisotopic (exact) mass is 402 g/mol. The van der Waals surface area contributed by atoms with E-state index in [1.165, 1.54) is 6.07 Å². The lowest BCUT2D eigenvalue weighted by molar-refractivity contribution is -0.137. The van der Waals surface area contributed by atoms with Crippen LogP contribution in [-0.2, 0) is 6.18 Å². The molecule has 1 aromatic heterocycles. The zero-order chi connectivity index (χ0) is 20.7. The molecular formula is C20H21F3N6. The minimum Gasteiger partial charge on any atom is -0.345 e. The van der Waals surface area contributed by atoms with Crippen molar-refractivity contribution in [1.82, 2.24) is 20.2 Å². The summed E-state index contributed by atoms with van der Waals surface area (Å²) in [4.78, 5) is 17.0. The van der Waals surface area contributed by atoms with Crippen molar-refractivity contribution < 1.29 is 13.2 Å². The Balaban J connectivity index is 1.52. The summed E-state index contributed by atoms with van der Waals surface area (Å²) in [6, 6.07) is 6.78. The molecule has 29 heavy (non-hydrogen) atoms. The van der Waals surface area contributed by atoms with Crippen LogP contribution in [-0.4, -0.2) is 60.6 Å². The van der Waals surface area contributed by atoms with Crippen LogP contribution in [0.4, 0.5) is 19.1 Å². The van der Waals surface area contributed by atoms with E-state index < -0.39 is 11.7 Å². The van der Waals surface area contributed by atoms with Crippen LogP contribution in [0.3, 0.4) is 0 Å². The summed E-state index contributed by atoms with van der Waals surface area (Å²) in [5.74, 6) is 7.03. The molecule has 0 unspecified atom stereocenters. The Morgan fingerprint density at radius 1 is 1.14 bits per heavy atom. The van der Waals surface area contributed by atoms with Gasteiger partial charge in [-0.2, -0.15) is 13.2 Å². The van der Waals surface area contributed by atoms with Gasteiger partial charge >= 0.3 is 6.18 Å². The first-order chi connectivity index (χ1) is 14.0. The number of aromatic nitrogens is 2. The third-order valence-corrected chi connectivity index (χ3v) is 4.38. The van der Waals surface area contributed by atoms with Gasteiger partial charge in [0.25, 0.3) is 0 Å². The van der Waals surface area contributed by atoms with Gasteiger partial charge in [-0.1, -0.05) is 17.9 Å². The summed E-state index contributed by atoms with van der Waals surface area (Å²) >= 11 is 0. The Morgan fingerprint density at radius 2 is 1.86 bits per heavy atom. The highest BCUT2D eigenvalue weighted by atomic mass is 19.4. The Kier molecular flexibility index (Phi) is 6.54. The molecule has 2 heterocycles. The molecule has 1 aromatic carbocycles. The Bertz CT molecular complexity index is 894. The van der Waals surface area contributed by atoms with Crippen molar-refractivity contribution in [1.29, 1.82) is 0 Å². The highest BCUT2D eigenvalue weighted by molar-refractivity contribution is 5.80. The van der Waals surface area contributed by atoms with Crippen molar-refractivity contribution >= 4 is 11.9 Å². The average Bonchev–Trinajstić information content (AvgIpc) is 2.74. The molecule has 0 radical (unpaired) electrons. The lowest BCUT2D eigenvalue weighted by Gasteiger charge is -2.36. The van der Waals surface area contributed by atoms with Crippen LogP contribution < -0.4 is 10.2 Å². The van der Waals surface area contributed by atoms with E-state index in [0.29, 0.717) is 17.5 Å². The highest BCUT2D eigenvalue weighted by Crippen LogP contribution is 2.29. The molecule has 152 valence electrons. The van der Waals surface area contributed by atoms with E-state index in [1.54, 1.807) is 31.6 Å². The summed E-state index contributed by atoms with van der Waals surface area (Å²) in [5.41, 5.74) is -0.374. The molecule has 0 amide bonds. The van der Waals surface area contributed by atoms with Gasteiger partial charge in [0.05, 0.1) is 12.1 Å². The Labute approximate surface area is 167 Å². The molecular weight excluding hydrogens is 381 g/mol. The molecule has 1 aliphatic heterocycles. The van der Waals surface area contributed by atoms with Crippen LogP contribution in [0.1, 0.15) is 11.1 Å². The Hall–Kier alpha value is -3.28. The maximum Gasteiger partial charge on any atom is 0.416 e. The minimum atomic E-state index is -4.37. The predicted molar refractivity (Wildman–Crippen MR) is 106 cm³/mol. The van der Waals surface area contributed by atoms with Gasteiger partial charge in [-0.05, 0) is 24.3 Å². The second kappa shape index (κ2) is 9.28. The molecule has 1 saturated heterocycles. The molecule has 3 rings (SSSR count). The standard InChI is InChI=1S/C20H21F3N6/c1-24-18(28-11-13-29(14-12-28)19-26-9-4-10-27-19)25-8-3-6-16-5-2-7-17(15-16)20(21,22)23/h2,4-5,7,9-10,15H,8,11-14H2,1H3,(H,24,25). The second-order valence-corrected chi connectivity index (χ2v) is 6.30. The van der Waals surface area contributed by atoms with Crippen molar-refractivity contribution in [3.8, 4) is 11.8 Å². The van der Waals surface area contributed by atoms with Gasteiger partial charge in [0.2, 0.25) is 5.95 Å². The van der Waals surface area contributed by atoms with E-state index in [0.717, 1.165) is 38.3 Å². The van der Waals surface area contributed by atoms with E-state index in [1.807, 2.05) is 0 Å². The molecule has 6 nitrogen and oxygen atoms in total. The first-order valence-corrected chi connectivity index (χ1v) is 9.11. The van der Waals surface area contributed by atoms with Crippen LogP contribution in [0.15, 0.2) is 47.7 Å². The SMILES string of the molecule is CN=C(NCC#Cc1cccc(C(F)(F)F)c1)N1CCN(c2ncccn2)CC1. The first kappa shape index (κ1) is 20.5. The van der Waals surface area contributed by atoms with Gasteiger partial charge in [0, 0.05) is 51.2 Å². The van der Waals surface area contributed by atoms with Crippen molar-refractivity contribution in [2.24, 2.45) is 4.99 Å². The van der Waals surface area contributed by atoms with Crippen LogP contribution in [0.5, 0.6) is 0 Å². The number of anilines is 1. The number of nitrogens with zero attached hydrogens (tertiary/aromatic N) is 5. The van der Waals surface area contributed by atoms with Gasteiger partial charge in [-0.15, -0.1) is 0 Å². The van der Waals surface area contributed by atoms with Crippen molar-refractivity contribution in [3.05, 3.63) is 53.9 Å². The number of halogens is 3. The fourth-order valence-electron chi connectivity index (χ4n) is 2.95. The summed E-state index contributed by atoms with van der Waals surface area (Å²) in [7, 11) is 1.69. The van der Waals surface area contributed by atoms with Gasteiger partial charge in [-0.25, -0.2) is 9.97 Å². The number of rotatable bonds is 2. The maximum absolute atomic E-state index is 12.8. The number of piperazine rings is 1. The number of hydrogen-bond acceptors (Lipinski definition) is 4. The summed E-state index contributed by atoms with van der Waals surface area (Å²) in [6.07, 6.45) is -0.929. The normalized spacial score (nSPS) is 15.0. The highest BCUT2D eigenvalue weighted by Gasteiger charge is 2.30. The number of nitrogens with one attached hydrogen (secondary N) is 1. The molecule has 9 heteroatoms. The number of alkyl halides is 3. The van der Waals surface area contributed by atoms with Crippen LogP contribution >= 0.6 is 0 Å². The predicted octanol–water partition coefficient (Wildman–Crippen LogP) is 2.24. The molecule has 1 N–H and O–H groups in total. The molecule has 1 aliphatic rings. The zero-order valence-corrected chi connectivity index (χ0v) is 15.9. The Morgan fingerprint density at radius 3 is 2.52 bits per heavy atom. The fourth-order valence-corrected chi connectivity index (χ4v) is 2.95. The molecule has 0 atom stereocenters. The third kappa shape index (κ3) is 5.60. The third-order valence-electron chi connectivity index (χ3n) is 4.38. The fraction of sp³-hybridized carbons (Fsp3) is 0.350. The molecule has 2 aromatic rings. The van der Waals surface area contributed by atoms with E-state index >= 15 is 0 Å². The van der Waals surface area contributed by atoms with E-state index in [9.17, 15) is 13.2 Å². The van der Waals surface area contributed by atoms with Crippen molar-refractivity contribution in [2.75, 3.05) is 44.7 Å². The number of guanidine groups is 1. The molecule has 0 spiro atoms. The number of aliphatic imine (C=N–C) groups is 1. The van der Waals surface area contributed by atoms with Gasteiger partial charge in [0.1, 0.15) is 0 Å². The lowest BCUT2D eigenvalue weighted by atomic mass is 10.1. The van der Waals surface area contributed by atoms with Gasteiger partial charge < -0.3 is 15.1 Å². The smallest absolute Gasteiger partial charge is 0.345 e. The van der Waals surface area contributed by atoms with E-state index in [-0.39, 0.29) is 6.54 Å². The summed E-state index contributed by atoms with van der Waals surface area (Å²) in [5, 5.41) is 3.14. The second-order valence-electron chi connectivity index (χ2n) is 6.30. The molecule has 0 bridgehead atoms. The van der Waals surface area contributed by atoms with Gasteiger partial charge in [0.15, 0.2) is 5.96 Å². The van der Waals surface area contributed by atoms with Crippen molar-refractivity contribution in [2.45, 2.75) is 6.18 Å². The van der Waals surface area contributed by atoms with Crippen LogP contribution in [0, 0.1) is 11.8 Å². The number of hydrogen-bond donors (Lipinski definition) is 1. The molecule has 0 aliphatic carbocycles. The maximum atomic E-state index is 12.8. The van der Waals surface area contributed by atoms with E-state index in [2.05, 4.69) is 41.9 Å². The molecule has 1 fully saturated rings. The quantitative estimate of drug-likeness (QED) is 0.474. The summed E-state index contributed by atoms with van der Waals surface area (Å²) in [6.45, 7) is 3.31. The topological polar surface area (TPSA) is 56.7 Å². The van der Waals surface area contributed by atoms with Crippen LogP contribution in [0.2, 0.25) is 0 Å². The average molecular weight is 402 g/mol. The van der Waals surface area contributed by atoms with Crippen LogP contribution in [0.25, 0.3) is 0 Å². The zero-order valence-electron chi connectivity index (χ0n) is 15.9. The van der Waals surface area contributed by atoms with Gasteiger partial charge in [-0.3, -0.25) is 4.99 Å². The number of benzene rings is 1. The van der Waals surface area contributed by atoms with Crippen molar-refractivity contribution in [3.63, 3.8) is 0 Å². The first-order valence-electron chi connectivity index (χ1n) is 9.11. The minimum absolute atomic E-state index is 0.283. The molecule has 0 saturated carbocycles. The van der Waals surface area contributed by atoms with E-state index in [4.69, 9.17) is 0 Å². The lowest BCUT2D eigenvalue weighted by Crippen LogP contribution is -2.53. The largest absolute Gasteiger partial charge is 0.416 e.